The number of rotatable bonds is 12. The first kappa shape index (κ1) is 50.6. The number of aryl methyl sites for hydroxylation is 4. The van der Waals surface area contributed by atoms with Crippen molar-refractivity contribution in [2.75, 3.05) is 19.6 Å². The van der Waals surface area contributed by atoms with E-state index in [-0.39, 0.29) is 68.8 Å². The second-order valence-electron chi connectivity index (χ2n) is 18.6. The number of anilines is 12. The zero-order chi connectivity index (χ0) is 55.7. The maximum atomic E-state index is 15.8. The molecular weight excluding hydrogens is 1040 g/mol. The van der Waals surface area contributed by atoms with Gasteiger partial charge in [0, 0.05) is 106 Å². The Labute approximate surface area is 449 Å². The molecule has 12 rings (SSSR count). The van der Waals surface area contributed by atoms with Crippen molar-refractivity contribution in [3.05, 3.63) is 228 Å². The van der Waals surface area contributed by atoms with Gasteiger partial charge in [-0.05, 0) is 88.4 Å². The topological polar surface area (TPSA) is 116 Å². The molecule has 0 aliphatic rings. The number of nitrogens with zero attached hydrogens (tertiary/aromatic N) is 12. The summed E-state index contributed by atoms with van der Waals surface area (Å²) in [7, 11) is 0. The molecule has 0 fully saturated rings. The highest BCUT2D eigenvalue weighted by Gasteiger charge is 2.32. The van der Waals surface area contributed by atoms with Crippen molar-refractivity contribution in [2.24, 2.45) is 0 Å². The molecule has 0 aliphatic heterocycles. The largest absolute Gasteiger partial charge is 0.293 e. The summed E-state index contributed by atoms with van der Waals surface area (Å²) in [6.07, 6.45) is 11.4. The molecule has 12 aromatic rings. The highest BCUT2D eigenvalue weighted by molar-refractivity contribution is 6.33. The number of hydrogen-bond acceptors (Lipinski definition) is 12. The normalized spacial score (nSPS) is 11.5. The molecule has 0 saturated heterocycles. The molecule has 0 amide bonds. The average Bonchev–Trinajstić information content (AvgIpc) is 3.56. The third kappa shape index (κ3) is 8.94. The first-order chi connectivity index (χ1) is 38.6. The Morgan fingerprint density at radius 1 is 0.250 bits per heavy atom. The van der Waals surface area contributed by atoms with Crippen molar-refractivity contribution < 1.29 is 35.1 Å². The van der Waals surface area contributed by atoms with Gasteiger partial charge in [-0.15, -0.1) is 0 Å². The van der Waals surface area contributed by atoms with Crippen molar-refractivity contribution in [2.45, 2.75) is 27.7 Å². The van der Waals surface area contributed by atoms with Gasteiger partial charge < -0.3 is 0 Å². The van der Waals surface area contributed by atoms with Gasteiger partial charge in [-0.1, -0.05) is 24.3 Å². The van der Waals surface area contributed by atoms with Crippen molar-refractivity contribution in [3.8, 4) is 0 Å². The molecular formula is C60H38F8N12. The van der Waals surface area contributed by atoms with Crippen LogP contribution in [0.1, 0.15) is 22.8 Å². The Balaban J connectivity index is 1.34. The van der Waals surface area contributed by atoms with Crippen LogP contribution in [0.5, 0.6) is 0 Å². The molecule has 4 aromatic heterocycles. The minimum atomic E-state index is -0.938. The summed E-state index contributed by atoms with van der Waals surface area (Å²) in [5.41, 5.74) is 1.81. The number of hydrogen-bond donors (Lipinski definition) is 0. The highest BCUT2D eigenvalue weighted by atomic mass is 19.2. The summed E-state index contributed by atoms with van der Waals surface area (Å²) in [4.78, 5) is 42.8. The lowest BCUT2D eigenvalue weighted by molar-refractivity contribution is 0.583. The second kappa shape index (κ2) is 20.0. The molecule has 0 radical (unpaired) electrons. The molecule has 80 heavy (non-hydrogen) atoms. The van der Waals surface area contributed by atoms with Gasteiger partial charge in [0.25, 0.3) is 0 Å². The lowest BCUT2D eigenvalue weighted by Gasteiger charge is -2.34. The van der Waals surface area contributed by atoms with E-state index in [2.05, 4.69) is 19.9 Å². The monoisotopic (exact) mass is 1080 g/mol. The first-order valence-corrected chi connectivity index (χ1v) is 24.5. The first-order valence-electron chi connectivity index (χ1n) is 24.5. The SMILES string of the molecule is Cc1nccnc1N(c1cc(F)cc(F)c1)c1cc(N(c2cc(F)cc(F)c2)c2nccnc2C)c2ccc3c(N(c4cc(F)cc(F)c4)c4nccnc4C)cc(N(c4cc(F)cc(F)c4)c4nccnc4C)c4ccc1c2c43. The second-order valence-corrected chi connectivity index (χ2v) is 18.6. The van der Waals surface area contributed by atoms with Crippen LogP contribution >= 0.6 is 0 Å². The molecule has 8 aromatic carbocycles. The molecule has 0 atom stereocenters. The third-order valence-electron chi connectivity index (χ3n) is 13.5. The van der Waals surface area contributed by atoms with E-state index < -0.39 is 46.5 Å². The van der Waals surface area contributed by atoms with Crippen molar-refractivity contribution in [1.29, 1.82) is 0 Å². The van der Waals surface area contributed by atoms with E-state index in [0.717, 1.165) is 48.5 Å². The standard InChI is InChI=1S/C60H38F8N12/c1-31-57(73-13-9-69-31)77(43-21-35(61)17-36(62)22-43)51-29-52(78(58-32(2)70-10-14-74-58)44-23-37(63)18-38(64)24-44)48-7-8-50-54(80(60-34(4)72-12-16-76-60)46-27-41(67)20-42(68)28-46)30-53(49-6-5-47(51)55(48)56(49)50)79(59-33(3)71-11-15-75-59)45-25-39(65)19-40(66)26-45/h5-30H,1-4H3. The van der Waals surface area contributed by atoms with Crippen LogP contribution in [0.2, 0.25) is 0 Å². The molecule has 0 aliphatic carbocycles. The molecule has 4 heterocycles. The zero-order valence-corrected chi connectivity index (χ0v) is 42.4. The fraction of sp³-hybridized carbons (Fsp3) is 0.0667. The summed E-state index contributed by atoms with van der Waals surface area (Å²) in [6.45, 7) is 6.62. The van der Waals surface area contributed by atoms with Crippen LogP contribution in [0.15, 0.2) is 159 Å². The van der Waals surface area contributed by atoms with Crippen molar-refractivity contribution >= 4 is 101 Å². The Hall–Kier alpha value is -10.2. The van der Waals surface area contributed by atoms with Crippen LogP contribution in [0.4, 0.5) is 104 Å². The molecule has 394 valence electrons. The smallest absolute Gasteiger partial charge is 0.159 e. The maximum Gasteiger partial charge on any atom is 0.159 e. The van der Waals surface area contributed by atoms with E-state index in [9.17, 15) is 0 Å². The molecule has 0 N–H and O–H groups in total. The zero-order valence-electron chi connectivity index (χ0n) is 42.4. The molecule has 0 bridgehead atoms. The van der Waals surface area contributed by atoms with Crippen LogP contribution < -0.4 is 19.6 Å². The molecule has 12 nitrogen and oxygen atoms in total. The molecule has 0 spiro atoms. The van der Waals surface area contributed by atoms with Gasteiger partial charge >= 0.3 is 0 Å². The highest BCUT2D eigenvalue weighted by Crippen LogP contribution is 2.55. The lowest BCUT2D eigenvalue weighted by atomic mass is 9.89. The van der Waals surface area contributed by atoms with Crippen LogP contribution in [0, 0.1) is 74.2 Å². The third-order valence-corrected chi connectivity index (χ3v) is 13.5. The van der Waals surface area contributed by atoms with Crippen LogP contribution in [-0.2, 0) is 0 Å². The van der Waals surface area contributed by atoms with Gasteiger partial charge in [-0.3, -0.25) is 39.5 Å². The van der Waals surface area contributed by atoms with E-state index in [1.165, 1.54) is 69.2 Å². The average molecular weight is 1080 g/mol. The number of aromatic nitrogens is 8. The van der Waals surface area contributed by atoms with E-state index in [1.54, 1.807) is 64.1 Å². The molecule has 0 unspecified atom stereocenters. The van der Waals surface area contributed by atoms with Crippen LogP contribution in [-0.4, -0.2) is 39.9 Å². The van der Waals surface area contributed by atoms with Crippen LogP contribution in [0.3, 0.4) is 0 Å². The van der Waals surface area contributed by atoms with Crippen LogP contribution in [0.25, 0.3) is 32.3 Å². The van der Waals surface area contributed by atoms with E-state index >= 15 is 35.1 Å². The van der Waals surface area contributed by atoms with E-state index in [1.807, 2.05) is 0 Å². The molecule has 20 heteroatoms. The minimum absolute atomic E-state index is 0.0534. The van der Waals surface area contributed by atoms with Gasteiger partial charge in [-0.2, -0.15) is 0 Å². The molecule has 0 saturated carbocycles. The van der Waals surface area contributed by atoms with Gasteiger partial charge in [-0.25, -0.2) is 55.1 Å². The predicted molar refractivity (Wildman–Crippen MR) is 290 cm³/mol. The van der Waals surface area contributed by atoms with Gasteiger partial charge in [0.05, 0.1) is 68.3 Å². The minimum Gasteiger partial charge on any atom is -0.293 e. The summed E-state index contributed by atoms with van der Waals surface area (Å²) in [5, 5.41) is 2.23. The number of halogens is 8. The summed E-state index contributed by atoms with van der Waals surface area (Å²) in [5.74, 6) is -7.03. The summed E-state index contributed by atoms with van der Waals surface area (Å²) in [6, 6.07) is 22.0. The van der Waals surface area contributed by atoms with E-state index in [4.69, 9.17) is 19.9 Å². The van der Waals surface area contributed by atoms with Gasteiger partial charge in [0.1, 0.15) is 46.5 Å². The lowest BCUT2D eigenvalue weighted by Crippen LogP contribution is -2.19. The summed E-state index contributed by atoms with van der Waals surface area (Å²) < 4.78 is 126. The summed E-state index contributed by atoms with van der Waals surface area (Å²) >= 11 is 0. The van der Waals surface area contributed by atoms with E-state index in [0.29, 0.717) is 79.4 Å². The van der Waals surface area contributed by atoms with Crippen molar-refractivity contribution in [1.82, 2.24) is 39.9 Å². The fourth-order valence-corrected chi connectivity index (χ4v) is 10.3. The Bertz CT molecular complexity index is 3800. The quantitative estimate of drug-likeness (QED) is 0.0857. The van der Waals surface area contributed by atoms with Gasteiger partial charge in [0.15, 0.2) is 23.3 Å². The number of benzene rings is 8. The fourth-order valence-electron chi connectivity index (χ4n) is 10.3. The Morgan fingerprint density at radius 3 is 0.625 bits per heavy atom. The Morgan fingerprint density at radius 2 is 0.438 bits per heavy atom. The van der Waals surface area contributed by atoms with Gasteiger partial charge in [0.2, 0.25) is 0 Å². The predicted octanol–water partition coefficient (Wildman–Crippen LogP) is 16.0. The maximum absolute atomic E-state index is 15.8. The Kier molecular flexibility index (Phi) is 12.6. The van der Waals surface area contributed by atoms with Crippen molar-refractivity contribution in [3.63, 3.8) is 0 Å².